The van der Waals surface area contributed by atoms with Gasteiger partial charge in [0.15, 0.2) is 0 Å². The van der Waals surface area contributed by atoms with E-state index in [0.717, 1.165) is 11.3 Å². The molecule has 0 aliphatic heterocycles. The Hall–Kier alpha value is -3.15. The number of hydrogen-bond donors (Lipinski definition) is 1. The molecule has 6 nitrogen and oxygen atoms in total. The number of nitrogens with zero attached hydrogens (tertiary/aromatic N) is 2. The first-order valence-electron chi connectivity index (χ1n) is 7.56. The van der Waals surface area contributed by atoms with Gasteiger partial charge in [-0.3, -0.25) is 4.79 Å². The second kappa shape index (κ2) is 7.41. The molecule has 0 fully saturated rings. The third-order valence-corrected chi connectivity index (χ3v) is 3.43. The highest BCUT2D eigenvalue weighted by Gasteiger charge is 2.07. The number of benzene rings is 2. The van der Waals surface area contributed by atoms with Gasteiger partial charge in [-0.05, 0) is 43.3 Å². The molecule has 0 saturated heterocycles. The molecule has 122 valence electrons. The summed E-state index contributed by atoms with van der Waals surface area (Å²) in [5, 5.41) is 10.3. The average Bonchev–Trinajstić information content (AvgIpc) is 3.15. The van der Waals surface area contributed by atoms with E-state index >= 15 is 0 Å². The quantitative estimate of drug-likeness (QED) is 0.706. The van der Waals surface area contributed by atoms with Crippen molar-refractivity contribution < 1.29 is 13.9 Å². The second-order valence-electron chi connectivity index (χ2n) is 5.24. The molecule has 6 heteroatoms. The maximum absolute atomic E-state index is 12.1. The Morgan fingerprint density at radius 1 is 1.12 bits per heavy atom. The fourth-order valence-electron chi connectivity index (χ4n) is 2.13. The van der Waals surface area contributed by atoms with Crippen LogP contribution in [0, 0.1) is 6.92 Å². The van der Waals surface area contributed by atoms with Gasteiger partial charge in [0.25, 0.3) is 5.91 Å². The van der Waals surface area contributed by atoms with Crippen LogP contribution >= 0.6 is 0 Å². The van der Waals surface area contributed by atoms with E-state index in [4.69, 9.17) is 9.15 Å². The normalized spacial score (nSPS) is 10.4. The largest absolute Gasteiger partial charge is 0.492 e. The Bertz CT molecular complexity index is 781. The molecular formula is C18H17N3O3. The minimum Gasteiger partial charge on any atom is -0.492 e. The third-order valence-electron chi connectivity index (χ3n) is 3.43. The molecule has 0 bridgehead atoms. The molecule has 24 heavy (non-hydrogen) atoms. The predicted molar refractivity (Wildman–Crippen MR) is 88.7 cm³/mol. The highest BCUT2D eigenvalue weighted by atomic mass is 16.5. The van der Waals surface area contributed by atoms with Crippen LogP contribution in [0.15, 0.2) is 59.3 Å². The first-order valence-corrected chi connectivity index (χ1v) is 7.56. The van der Waals surface area contributed by atoms with Gasteiger partial charge >= 0.3 is 0 Å². The Balaban J connectivity index is 1.47. The summed E-state index contributed by atoms with van der Waals surface area (Å²) >= 11 is 0. The topological polar surface area (TPSA) is 77.2 Å². The van der Waals surface area contributed by atoms with Gasteiger partial charge < -0.3 is 14.5 Å². The number of rotatable bonds is 6. The van der Waals surface area contributed by atoms with Crippen LogP contribution in [0.2, 0.25) is 0 Å². The summed E-state index contributed by atoms with van der Waals surface area (Å²) in [7, 11) is 0. The van der Waals surface area contributed by atoms with E-state index in [2.05, 4.69) is 15.5 Å². The summed E-state index contributed by atoms with van der Waals surface area (Å²) in [6.07, 6.45) is 1.27. The smallest absolute Gasteiger partial charge is 0.251 e. The van der Waals surface area contributed by atoms with E-state index in [1.807, 2.05) is 31.2 Å². The number of amides is 1. The molecule has 0 saturated carbocycles. The molecular weight excluding hydrogens is 306 g/mol. The van der Waals surface area contributed by atoms with Gasteiger partial charge in [-0.25, -0.2) is 0 Å². The SMILES string of the molecule is Cc1ccc(OCCNC(=O)c2ccc(-c3nnco3)cc2)cc1. The number of carbonyl (C=O) groups is 1. The van der Waals surface area contributed by atoms with Gasteiger partial charge in [-0.2, -0.15) is 0 Å². The lowest BCUT2D eigenvalue weighted by atomic mass is 10.1. The fraction of sp³-hybridized carbons (Fsp3) is 0.167. The maximum Gasteiger partial charge on any atom is 0.251 e. The van der Waals surface area contributed by atoms with E-state index in [1.54, 1.807) is 24.3 Å². The molecule has 0 aliphatic carbocycles. The van der Waals surface area contributed by atoms with Crippen LogP contribution in [0.5, 0.6) is 5.75 Å². The van der Waals surface area contributed by atoms with E-state index in [1.165, 1.54) is 12.0 Å². The lowest BCUT2D eigenvalue weighted by Gasteiger charge is -2.08. The predicted octanol–water partition coefficient (Wildman–Crippen LogP) is 2.85. The van der Waals surface area contributed by atoms with E-state index in [9.17, 15) is 4.79 Å². The molecule has 0 unspecified atom stereocenters. The summed E-state index contributed by atoms with van der Waals surface area (Å²) in [6.45, 7) is 2.86. The Labute approximate surface area is 139 Å². The van der Waals surface area contributed by atoms with Gasteiger partial charge in [-0.1, -0.05) is 17.7 Å². The van der Waals surface area contributed by atoms with Crippen LogP contribution in [-0.2, 0) is 0 Å². The first-order chi connectivity index (χ1) is 11.7. The molecule has 1 heterocycles. The lowest BCUT2D eigenvalue weighted by Crippen LogP contribution is -2.28. The van der Waals surface area contributed by atoms with Crippen LogP contribution in [0.4, 0.5) is 0 Å². The van der Waals surface area contributed by atoms with Crippen molar-refractivity contribution in [2.24, 2.45) is 0 Å². The summed E-state index contributed by atoms with van der Waals surface area (Å²) in [5.41, 5.74) is 2.51. The summed E-state index contributed by atoms with van der Waals surface area (Å²) in [4.78, 5) is 12.1. The Kier molecular flexibility index (Phi) is 4.86. The van der Waals surface area contributed by atoms with Crippen molar-refractivity contribution >= 4 is 5.91 Å². The molecule has 0 spiro atoms. The molecule has 1 aromatic heterocycles. The van der Waals surface area contributed by atoms with Crippen molar-refractivity contribution in [3.05, 3.63) is 66.1 Å². The van der Waals surface area contributed by atoms with Crippen molar-refractivity contribution in [2.75, 3.05) is 13.2 Å². The number of nitrogens with one attached hydrogen (secondary N) is 1. The van der Waals surface area contributed by atoms with E-state index in [-0.39, 0.29) is 5.91 Å². The fourth-order valence-corrected chi connectivity index (χ4v) is 2.13. The van der Waals surface area contributed by atoms with Crippen LogP contribution in [0.1, 0.15) is 15.9 Å². The van der Waals surface area contributed by atoms with Gasteiger partial charge in [0.1, 0.15) is 12.4 Å². The maximum atomic E-state index is 12.1. The number of aryl methyl sites for hydroxylation is 1. The number of aromatic nitrogens is 2. The highest BCUT2D eigenvalue weighted by molar-refractivity contribution is 5.94. The monoisotopic (exact) mass is 323 g/mol. The molecule has 2 aromatic carbocycles. The summed E-state index contributed by atoms with van der Waals surface area (Å²) in [5.74, 6) is 1.06. The van der Waals surface area contributed by atoms with Crippen LogP contribution in [0.25, 0.3) is 11.5 Å². The van der Waals surface area contributed by atoms with E-state index in [0.29, 0.717) is 24.6 Å². The molecule has 1 N–H and O–H groups in total. The minimum atomic E-state index is -0.153. The molecule has 0 atom stereocenters. The Morgan fingerprint density at radius 3 is 2.54 bits per heavy atom. The third kappa shape index (κ3) is 3.98. The molecule has 0 radical (unpaired) electrons. The standard InChI is InChI=1S/C18H17N3O3/c1-13-2-8-16(9-3-13)23-11-10-19-17(22)14-4-6-15(7-5-14)18-21-20-12-24-18/h2-9,12H,10-11H2,1H3,(H,19,22). The average molecular weight is 323 g/mol. The van der Waals surface area contributed by atoms with Crippen molar-refractivity contribution in [3.8, 4) is 17.2 Å². The second-order valence-corrected chi connectivity index (χ2v) is 5.24. The number of hydrogen-bond acceptors (Lipinski definition) is 5. The molecule has 3 rings (SSSR count). The first kappa shape index (κ1) is 15.7. The van der Waals surface area contributed by atoms with Gasteiger partial charge in [-0.15, -0.1) is 10.2 Å². The zero-order valence-electron chi connectivity index (χ0n) is 13.2. The summed E-state index contributed by atoms with van der Waals surface area (Å²) in [6, 6.07) is 14.8. The molecule has 1 amide bonds. The highest BCUT2D eigenvalue weighted by Crippen LogP contribution is 2.16. The summed E-state index contributed by atoms with van der Waals surface area (Å²) < 4.78 is 10.7. The van der Waals surface area contributed by atoms with Crippen molar-refractivity contribution in [3.63, 3.8) is 0 Å². The number of carbonyl (C=O) groups excluding carboxylic acids is 1. The molecule has 0 aliphatic rings. The zero-order valence-corrected chi connectivity index (χ0v) is 13.2. The number of ether oxygens (including phenoxy) is 1. The van der Waals surface area contributed by atoms with Crippen molar-refractivity contribution in [1.29, 1.82) is 0 Å². The van der Waals surface area contributed by atoms with Crippen LogP contribution < -0.4 is 10.1 Å². The van der Waals surface area contributed by atoms with Crippen LogP contribution in [-0.4, -0.2) is 29.3 Å². The minimum absolute atomic E-state index is 0.153. The van der Waals surface area contributed by atoms with Gasteiger partial charge in [0.2, 0.25) is 12.3 Å². The zero-order chi connectivity index (χ0) is 16.8. The van der Waals surface area contributed by atoms with Gasteiger partial charge in [0, 0.05) is 11.1 Å². The van der Waals surface area contributed by atoms with E-state index < -0.39 is 0 Å². The molecule has 3 aromatic rings. The van der Waals surface area contributed by atoms with Gasteiger partial charge in [0.05, 0.1) is 6.54 Å². The lowest BCUT2D eigenvalue weighted by molar-refractivity contribution is 0.0947. The Morgan fingerprint density at radius 2 is 1.88 bits per heavy atom. The van der Waals surface area contributed by atoms with Crippen molar-refractivity contribution in [1.82, 2.24) is 15.5 Å². The van der Waals surface area contributed by atoms with Crippen molar-refractivity contribution in [2.45, 2.75) is 6.92 Å². The van der Waals surface area contributed by atoms with Crippen LogP contribution in [0.3, 0.4) is 0 Å².